The molecule has 0 aromatic heterocycles. The summed E-state index contributed by atoms with van der Waals surface area (Å²) in [6, 6.07) is 7.12. The lowest BCUT2D eigenvalue weighted by Gasteiger charge is -1.99. The monoisotopic (exact) mass is 230 g/mol. The van der Waals surface area contributed by atoms with Crippen molar-refractivity contribution in [3.63, 3.8) is 0 Å². The van der Waals surface area contributed by atoms with E-state index in [2.05, 4.69) is 6.08 Å². The smallest absolute Gasteiger partial charge is 0.185 e. The molecule has 1 aromatic rings. The molecule has 0 heterocycles. The predicted molar refractivity (Wildman–Crippen MR) is 70.5 cm³/mol. The van der Waals surface area contributed by atoms with Gasteiger partial charge < -0.3 is 4.74 Å². The molecular formula is C15H18O2. The normalized spacial score (nSPS) is 10.3. The van der Waals surface area contributed by atoms with Crippen molar-refractivity contribution < 1.29 is 9.53 Å². The van der Waals surface area contributed by atoms with Crippen LogP contribution in [0, 0.1) is 0 Å². The molecule has 1 rings (SSSR count). The van der Waals surface area contributed by atoms with Crippen molar-refractivity contribution in [1.82, 2.24) is 0 Å². The highest BCUT2D eigenvalue weighted by molar-refractivity contribution is 6.04. The van der Waals surface area contributed by atoms with Gasteiger partial charge in [0.1, 0.15) is 5.75 Å². The van der Waals surface area contributed by atoms with Gasteiger partial charge in [0, 0.05) is 5.56 Å². The van der Waals surface area contributed by atoms with Gasteiger partial charge in [-0.25, -0.2) is 0 Å². The molecule has 0 radical (unpaired) electrons. The van der Waals surface area contributed by atoms with E-state index in [0.29, 0.717) is 5.56 Å². The Morgan fingerprint density at radius 3 is 2.41 bits per heavy atom. The number of methoxy groups -OCH3 is 1. The lowest BCUT2D eigenvalue weighted by Crippen LogP contribution is -1.94. The van der Waals surface area contributed by atoms with E-state index in [1.165, 1.54) is 5.57 Å². The zero-order valence-electron chi connectivity index (χ0n) is 10.6. The second kappa shape index (κ2) is 6.69. The van der Waals surface area contributed by atoms with Gasteiger partial charge in [-0.2, -0.15) is 0 Å². The van der Waals surface area contributed by atoms with Gasteiger partial charge in [-0.3, -0.25) is 4.79 Å². The standard InChI is InChI=1S/C15H18O2/c1-12(2)6-4-5-7-15(16)13-8-10-14(17-3)11-9-13/h5-11H,4H2,1-3H3/b7-5+. The molecule has 0 fully saturated rings. The van der Waals surface area contributed by atoms with Crippen molar-refractivity contribution in [2.24, 2.45) is 0 Å². The maximum atomic E-state index is 11.7. The Hall–Kier alpha value is -1.83. The first kappa shape index (κ1) is 13.2. The summed E-state index contributed by atoms with van der Waals surface area (Å²) in [7, 11) is 1.61. The third kappa shape index (κ3) is 4.68. The topological polar surface area (TPSA) is 26.3 Å². The third-order valence-corrected chi connectivity index (χ3v) is 2.31. The van der Waals surface area contributed by atoms with Gasteiger partial charge in [0.2, 0.25) is 0 Å². The van der Waals surface area contributed by atoms with Crippen molar-refractivity contribution in [3.05, 3.63) is 53.6 Å². The number of ketones is 1. The lowest BCUT2D eigenvalue weighted by molar-refractivity contribution is 0.104. The number of allylic oxidation sites excluding steroid dienone is 4. The molecule has 0 unspecified atom stereocenters. The highest BCUT2D eigenvalue weighted by atomic mass is 16.5. The molecule has 1 aromatic carbocycles. The molecule has 0 spiro atoms. The maximum absolute atomic E-state index is 11.7. The predicted octanol–water partition coefficient (Wildman–Crippen LogP) is 3.79. The van der Waals surface area contributed by atoms with E-state index >= 15 is 0 Å². The summed E-state index contributed by atoms with van der Waals surface area (Å²) in [6.45, 7) is 4.08. The second-order valence-corrected chi connectivity index (χ2v) is 4.01. The molecule has 17 heavy (non-hydrogen) atoms. The Balaban J connectivity index is 2.60. The Labute approximate surface area is 103 Å². The van der Waals surface area contributed by atoms with Crippen molar-refractivity contribution >= 4 is 5.78 Å². The van der Waals surface area contributed by atoms with E-state index in [4.69, 9.17) is 4.74 Å². The molecule has 0 N–H and O–H groups in total. The van der Waals surface area contributed by atoms with Crippen LogP contribution >= 0.6 is 0 Å². The molecule has 0 saturated heterocycles. The maximum Gasteiger partial charge on any atom is 0.185 e. The summed E-state index contributed by atoms with van der Waals surface area (Å²) in [5.41, 5.74) is 1.94. The fraction of sp³-hybridized carbons (Fsp3) is 0.267. The van der Waals surface area contributed by atoms with Crippen molar-refractivity contribution in [1.29, 1.82) is 0 Å². The van der Waals surface area contributed by atoms with Gasteiger partial charge in [0.15, 0.2) is 5.78 Å². The fourth-order valence-corrected chi connectivity index (χ4v) is 1.33. The van der Waals surface area contributed by atoms with Crippen LogP contribution in [0.2, 0.25) is 0 Å². The summed E-state index contributed by atoms with van der Waals surface area (Å²) >= 11 is 0. The molecule has 0 atom stereocenters. The molecule has 0 bridgehead atoms. The van der Waals surface area contributed by atoms with Gasteiger partial charge in [0.05, 0.1) is 7.11 Å². The molecule has 0 aliphatic rings. The first-order valence-electron chi connectivity index (χ1n) is 5.62. The van der Waals surface area contributed by atoms with Crippen LogP contribution in [-0.2, 0) is 0 Å². The van der Waals surface area contributed by atoms with Crippen LogP contribution in [0.5, 0.6) is 5.75 Å². The summed E-state index contributed by atoms with van der Waals surface area (Å²) in [6.07, 6.45) is 6.36. The minimum absolute atomic E-state index is 0.0230. The number of rotatable bonds is 5. The van der Waals surface area contributed by atoms with Crippen LogP contribution in [0.15, 0.2) is 48.1 Å². The van der Waals surface area contributed by atoms with Crippen LogP contribution in [0.4, 0.5) is 0 Å². The van der Waals surface area contributed by atoms with Crippen LogP contribution < -0.4 is 4.74 Å². The van der Waals surface area contributed by atoms with E-state index in [0.717, 1.165) is 12.2 Å². The molecule has 0 amide bonds. The number of benzene rings is 1. The van der Waals surface area contributed by atoms with Crippen molar-refractivity contribution in [3.8, 4) is 5.75 Å². The lowest BCUT2D eigenvalue weighted by atomic mass is 10.1. The first-order valence-corrected chi connectivity index (χ1v) is 5.62. The Morgan fingerprint density at radius 2 is 1.88 bits per heavy atom. The third-order valence-electron chi connectivity index (χ3n) is 2.31. The second-order valence-electron chi connectivity index (χ2n) is 4.01. The minimum atomic E-state index is 0.0230. The summed E-state index contributed by atoms with van der Waals surface area (Å²) < 4.78 is 5.04. The summed E-state index contributed by atoms with van der Waals surface area (Å²) in [5, 5.41) is 0. The largest absolute Gasteiger partial charge is 0.497 e. The zero-order valence-corrected chi connectivity index (χ0v) is 10.6. The summed E-state index contributed by atoms with van der Waals surface area (Å²) in [5.74, 6) is 0.782. The van der Waals surface area contributed by atoms with Crippen LogP contribution in [0.3, 0.4) is 0 Å². The molecule has 90 valence electrons. The van der Waals surface area contributed by atoms with Crippen molar-refractivity contribution in [2.75, 3.05) is 7.11 Å². The molecule has 0 aliphatic carbocycles. The molecule has 0 aliphatic heterocycles. The number of hydrogen-bond donors (Lipinski definition) is 0. The minimum Gasteiger partial charge on any atom is -0.497 e. The number of hydrogen-bond acceptors (Lipinski definition) is 2. The van der Waals surface area contributed by atoms with Gasteiger partial charge in [-0.05, 0) is 50.6 Å². The SMILES string of the molecule is COc1ccc(C(=O)/C=C/CC=C(C)C)cc1. The number of carbonyl (C=O) groups excluding carboxylic acids is 1. The average molecular weight is 230 g/mol. The van der Waals surface area contributed by atoms with E-state index in [1.807, 2.05) is 19.9 Å². The van der Waals surface area contributed by atoms with Crippen molar-refractivity contribution in [2.45, 2.75) is 20.3 Å². The van der Waals surface area contributed by atoms with Crippen LogP contribution in [-0.4, -0.2) is 12.9 Å². The highest BCUT2D eigenvalue weighted by Gasteiger charge is 2.00. The van der Waals surface area contributed by atoms with E-state index in [-0.39, 0.29) is 5.78 Å². The summed E-state index contributed by atoms with van der Waals surface area (Å²) in [4.78, 5) is 11.7. The number of ether oxygens (including phenoxy) is 1. The van der Waals surface area contributed by atoms with E-state index in [9.17, 15) is 4.79 Å². The Morgan fingerprint density at radius 1 is 1.24 bits per heavy atom. The molecule has 0 saturated carbocycles. The van der Waals surface area contributed by atoms with Gasteiger partial charge in [0.25, 0.3) is 0 Å². The quantitative estimate of drug-likeness (QED) is 0.437. The van der Waals surface area contributed by atoms with Crippen LogP contribution in [0.1, 0.15) is 30.6 Å². The molecule has 2 nitrogen and oxygen atoms in total. The van der Waals surface area contributed by atoms with E-state index in [1.54, 1.807) is 37.5 Å². The molecular weight excluding hydrogens is 212 g/mol. The first-order chi connectivity index (χ1) is 8.13. The zero-order chi connectivity index (χ0) is 12.7. The molecule has 2 heteroatoms. The van der Waals surface area contributed by atoms with Crippen LogP contribution in [0.25, 0.3) is 0 Å². The van der Waals surface area contributed by atoms with Gasteiger partial charge in [-0.15, -0.1) is 0 Å². The fourth-order valence-electron chi connectivity index (χ4n) is 1.33. The Bertz CT molecular complexity index is 421. The van der Waals surface area contributed by atoms with Gasteiger partial charge in [-0.1, -0.05) is 17.7 Å². The number of carbonyl (C=O) groups is 1. The van der Waals surface area contributed by atoms with E-state index < -0.39 is 0 Å². The van der Waals surface area contributed by atoms with Gasteiger partial charge >= 0.3 is 0 Å². The highest BCUT2D eigenvalue weighted by Crippen LogP contribution is 2.12. The average Bonchev–Trinajstić information content (AvgIpc) is 2.34. The Kier molecular flexibility index (Phi) is 5.21.